The quantitative estimate of drug-likeness (QED) is 0.798. The number of amides is 1. The number of hydrogen-bond donors (Lipinski definition) is 1. The van der Waals surface area contributed by atoms with Crippen LogP contribution in [0.2, 0.25) is 0 Å². The molecule has 5 heteroatoms. The van der Waals surface area contributed by atoms with Crippen LogP contribution in [0.3, 0.4) is 0 Å². The third-order valence-corrected chi connectivity index (χ3v) is 4.00. The predicted octanol–water partition coefficient (Wildman–Crippen LogP) is 3.52. The number of ether oxygens (including phenoxy) is 2. The van der Waals surface area contributed by atoms with Crippen LogP contribution in [0.15, 0.2) is 52.9 Å². The molecule has 1 aliphatic rings. The zero-order valence-electron chi connectivity index (χ0n) is 13.2. The van der Waals surface area contributed by atoms with Crippen molar-refractivity contribution in [2.75, 3.05) is 6.79 Å². The highest BCUT2D eigenvalue weighted by molar-refractivity contribution is 5.95. The van der Waals surface area contributed by atoms with Gasteiger partial charge in [-0.3, -0.25) is 4.79 Å². The average molecular weight is 323 g/mol. The van der Waals surface area contributed by atoms with E-state index in [0.29, 0.717) is 23.5 Å². The predicted molar refractivity (Wildman–Crippen MR) is 89.4 cm³/mol. The van der Waals surface area contributed by atoms with Crippen LogP contribution in [-0.4, -0.2) is 18.7 Å². The Morgan fingerprint density at radius 1 is 1.12 bits per heavy atom. The van der Waals surface area contributed by atoms with Gasteiger partial charge in [0.1, 0.15) is 11.3 Å². The van der Waals surface area contributed by atoms with Crippen LogP contribution in [0.4, 0.5) is 0 Å². The third kappa shape index (κ3) is 2.80. The van der Waals surface area contributed by atoms with Crippen molar-refractivity contribution in [3.8, 4) is 11.5 Å². The molecule has 0 bridgehead atoms. The van der Waals surface area contributed by atoms with Crippen molar-refractivity contribution in [1.29, 1.82) is 0 Å². The summed E-state index contributed by atoms with van der Waals surface area (Å²) in [5.41, 5.74) is 1.41. The topological polar surface area (TPSA) is 60.7 Å². The summed E-state index contributed by atoms with van der Waals surface area (Å²) < 4.78 is 16.4. The Morgan fingerprint density at radius 3 is 2.83 bits per heavy atom. The molecular formula is C19H17NO4. The van der Waals surface area contributed by atoms with E-state index in [0.717, 1.165) is 16.7 Å². The fraction of sp³-hybridized carbons (Fsp3) is 0.211. The number of benzene rings is 2. The van der Waals surface area contributed by atoms with Crippen molar-refractivity contribution in [3.63, 3.8) is 0 Å². The summed E-state index contributed by atoms with van der Waals surface area (Å²) in [7, 11) is 0. The number of para-hydroxylation sites is 1. The lowest BCUT2D eigenvalue weighted by molar-refractivity contribution is 0.0939. The van der Waals surface area contributed by atoms with Gasteiger partial charge in [0.25, 0.3) is 5.91 Å². The first-order chi connectivity index (χ1) is 11.7. The summed E-state index contributed by atoms with van der Waals surface area (Å²) in [5, 5.41) is 4.06. The van der Waals surface area contributed by atoms with Gasteiger partial charge in [-0.2, -0.15) is 0 Å². The summed E-state index contributed by atoms with van der Waals surface area (Å²) in [6.07, 6.45) is 0.630. The van der Waals surface area contributed by atoms with E-state index >= 15 is 0 Å². The molecule has 0 spiro atoms. The highest BCUT2D eigenvalue weighted by atomic mass is 16.7. The number of rotatable bonds is 4. The molecule has 2 aromatic carbocycles. The molecule has 1 N–H and O–H groups in total. The van der Waals surface area contributed by atoms with Crippen molar-refractivity contribution in [2.24, 2.45) is 0 Å². The average Bonchev–Trinajstić information content (AvgIpc) is 3.19. The van der Waals surface area contributed by atoms with E-state index < -0.39 is 0 Å². The molecule has 0 unspecified atom stereocenters. The van der Waals surface area contributed by atoms with Gasteiger partial charge in [-0.1, -0.05) is 18.2 Å². The molecule has 0 saturated heterocycles. The maximum absolute atomic E-state index is 12.4. The lowest BCUT2D eigenvalue weighted by atomic mass is 10.1. The highest BCUT2D eigenvalue weighted by Crippen LogP contribution is 2.32. The summed E-state index contributed by atoms with van der Waals surface area (Å²) >= 11 is 0. The maximum atomic E-state index is 12.4. The minimum absolute atomic E-state index is 0.0523. The Bertz CT molecular complexity index is 866. The van der Waals surface area contributed by atoms with Gasteiger partial charge in [0.2, 0.25) is 6.79 Å². The molecule has 1 aromatic heterocycles. The minimum atomic E-state index is -0.142. The molecule has 1 atom stereocenters. The highest BCUT2D eigenvalue weighted by Gasteiger charge is 2.18. The van der Waals surface area contributed by atoms with Crippen molar-refractivity contribution >= 4 is 16.9 Å². The number of hydrogen-bond acceptors (Lipinski definition) is 4. The van der Waals surface area contributed by atoms with Crippen molar-refractivity contribution in [2.45, 2.75) is 19.4 Å². The molecule has 4 rings (SSSR count). The van der Waals surface area contributed by atoms with E-state index in [1.165, 1.54) is 0 Å². The smallest absolute Gasteiger partial charge is 0.251 e. The molecule has 2 heterocycles. The minimum Gasteiger partial charge on any atom is -0.461 e. The van der Waals surface area contributed by atoms with E-state index in [1.54, 1.807) is 18.2 Å². The molecule has 24 heavy (non-hydrogen) atoms. The second kappa shape index (κ2) is 5.92. The molecule has 0 fully saturated rings. The third-order valence-electron chi connectivity index (χ3n) is 4.00. The van der Waals surface area contributed by atoms with Gasteiger partial charge in [-0.15, -0.1) is 0 Å². The second-order valence-electron chi connectivity index (χ2n) is 5.90. The monoisotopic (exact) mass is 323 g/mol. The number of furan rings is 1. The van der Waals surface area contributed by atoms with E-state index in [9.17, 15) is 4.79 Å². The molecule has 0 aliphatic carbocycles. The Labute approximate surface area is 139 Å². The zero-order valence-corrected chi connectivity index (χ0v) is 13.2. The van der Waals surface area contributed by atoms with E-state index in [1.807, 2.05) is 37.3 Å². The van der Waals surface area contributed by atoms with Gasteiger partial charge >= 0.3 is 0 Å². The van der Waals surface area contributed by atoms with Gasteiger partial charge in [0, 0.05) is 23.4 Å². The van der Waals surface area contributed by atoms with Crippen molar-refractivity contribution < 1.29 is 18.7 Å². The number of carbonyl (C=O) groups excluding carboxylic acids is 1. The Kier molecular flexibility index (Phi) is 3.61. The lowest BCUT2D eigenvalue weighted by Gasteiger charge is -2.12. The van der Waals surface area contributed by atoms with Gasteiger partial charge in [0.05, 0.1) is 0 Å². The summed E-state index contributed by atoms with van der Waals surface area (Å²) in [6.45, 7) is 2.15. The molecule has 0 saturated carbocycles. The SMILES string of the molecule is C[C@H](Cc1cc2ccccc2o1)NC(=O)c1ccc2c(c1)OCO2. The van der Waals surface area contributed by atoms with Gasteiger partial charge in [-0.05, 0) is 37.3 Å². The first-order valence-corrected chi connectivity index (χ1v) is 7.87. The molecule has 1 amide bonds. The van der Waals surface area contributed by atoms with Crippen LogP contribution in [0.25, 0.3) is 11.0 Å². The van der Waals surface area contributed by atoms with E-state index in [4.69, 9.17) is 13.9 Å². The molecule has 0 radical (unpaired) electrons. The zero-order chi connectivity index (χ0) is 16.5. The Balaban J connectivity index is 1.43. The molecule has 3 aromatic rings. The molecule has 1 aliphatic heterocycles. The van der Waals surface area contributed by atoms with Crippen LogP contribution in [0, 0.1) is 0 Å². The standard InChI is InChI=1S/C19H17NO4/c1-12(8-15-9-13-4-2-3-5-16(13)24-15)20-19(21)14-6-7-17-18(10-14)23-11-22-17/h2-7,9-10,12H,8,11H2,1H3,(H,20,21)/t12-/m1/s1. The van der Waals surface area contributed by atoms with Gasteiger partial charge in [0.15, 0.2) is 11.5 Å². The van der Waals surface area contributed by atoms with Crippen LogP contribution in [0.1, 0.15) is 23.0 Å². The normalized spacial score (nSPS) is 13.9. The van der Waals surface area contributed by atoms with Crippen molar-refractivity contribution in [3.05, 3.63) is 59.9 Å². The first-order valence-electron chi connectivity index (χ1n) is 7.87. The van der Waals surface area contributed by atoms with Crippen LogP contribution in [0.5, 0.6) is 11.5 Å². The fourth-order valence-corrected chi connectivity index (χ4v) is 2.84. The molecule has 122 valence electrons. The van der Waals surface area contributed by atoms with E-state index in [2.05, 4.69) is 5.32 Å². The van der Waals surface area contributed by atoms with Crippen LogP contribution >= 0.6 is 0 Å². The van der Waals surface area contributed by atoms with Crippen LogP contribution in [-0.2, 0) is 6.42 Å². The van der Waals surface area contributed by atoms with Crippen LogP contribution < -0.4 is 14.8 Å². The fourth-order valence-electron chi connectivity index (χ4n) is 2.84. The van der Waals surface area contributed by atoms with E-state index in [-0.39, 0.29) is 18.7 Å². The summed E-state index contributed by atoms with van der Waals surface area (Å²) in [6, 6.07) is 15.0. The number of nitrogens with one attached hydrogen (secondary N) is 1. The summed E-state index contributed by atoms with van der Waals surface area (Å²) in [5.74, 6) is 1.99. The Morgan fingerprint density at radius 2 is 1.96 bits per heavy atom. The van der Waals surface area contributed by atoms with Gasteiger partial charge in [-0.25, -0.2) is 0 Å². The van der Waals surface area contributed by atoms with Gasteiger partial charge < -0.3 is 19.2 Å². The lowest BCUT2D eigenvalue weighted by Crippen LogP contribution is -2.33. The summed E-state index contributed by atoms with van der Waals surface area (Å²) in [4.78, 5) is 12.4. The second-order valence-corrected chi connectivity index (χ2v) is 5.90. The Hall–Kier alpha value is -2.95. The number of fused-ring (bicyclic) bond motifs is 2. The number of carbonyl (C=O) groups is 1. The molecular weight excluding hydrogens is 306 g/mol. The maximum Gasteiger partial charge on any atom is 0.251 e. The molecule has 5 nitrogen and oxygen atoms in total. The van der Waals surface area contributed by atoms with Crippen molar-refractivity contribution in [1.82, 2.24) is 5.32 Å². The largest absolute Gasteiger partial charge is 0.461 e. The first kappa shape index (κ1) is 14.6.